The molecule has 1 amide bonds. The van der Waals surface area contributed by atoms with Crippen LogP contribution in [-0.2, 0) is 19.3 Å². The third kappa shape index (κ3) is 4.59. The van der Waals surface area contributed by atoms with E-state index < -0.39 is 0 Å². The van der Waals surface area contributed by atoms with E-state index in [-0.39, 0.29) is 5.91 Å². The van der Waals surface area contributed by atoms with E-state index in [1.807, 2.05) is 0 Å². The number of likely N-dealkylation sites (tertiary alicyclic amines) is 1. The molecule has 1 aliphatic carbocycles. The highest BCUT2D eigenvalue weighted by Gasteiger charge is 2.25. The molecule has 1 fully saturated rings. The van der Waals surface area contributed by atoms with Crippen molar-refractivity contribution < 1.29 is 9.32 Å². The Balaban J connectivity index is 1.25. The second kappa shape index (κ2) is 8.70. The molecular weight excluding hydrogens is 338 g/mol. The summed E-state index contributed by atoms with van der Waals surface area (Å²) < 4.78 is 5.36. The Morgan fingerprint density at radius 3 is 2.93 bits per heavy atom. The molecule has 0 radical (unpaired) electrons. The summed E-state index contributed by atoms with van der Waals surface area (Å²) in [6.07, 6.45) is 7.58. The lowest BCUT2D eigenvalue weighted by atomic mass is 9.95. The maximum Gasteiger partial charge on any atom is 0.290 e. The van der Waals surface area contributed by atoms with Crippen LogP contribution in [-0.4, -0.2) is 42.1 Å². The Kier molecular flexibility index (Phi) is 5.87. The van der Waals surface area contributed by atoms with Gasteiger partial charge in [0.05, 0.1) is 5.69 Å². The lowest BCUT2D eigenvalue weighted by Gasteiger charge is -2.32. The van der Waals surface area contributed by atoms with Crippen LogP contribution in [0, 0.1) is 5.92 Å². The first-order chi connectivity index (χ1) is 13.3. The molecule has 4 rings (SSSR count). The van der Waals surface area contributed by atoms with Crippen molar-refractivity contribution in [3.05, 3.63) is 52.9 Å². The Morgan fingerprint density at radius 1 is 1.19 bits per heavy atom. The summed E-state index contributed by atoms with van der Waals surface area (Å²) in [7, 11) is 0. The van der Waals surface area contributed by atoms with Crippen molar-refractivity contribution in [3.8, 4) is 0 Å². The predicted molar refractivity (Wildman–Crippen MR) is 105 cm³/mol. The average Bonchev–Trinajstić information content (AvgIpc) is 3.16. The summed E-state index contributed by atoms with van der Waals surface area (Å²) in [5.74, 6) is 0.866. The van der Waals surface area contributed by atoms with Crippen LogP contribution in [0.25, 0.3) is 0 Å². The molecule has 1 atom stereocenters. The van der Waals surface area contributed by atoms with Gasteiger partial charge in [0.1, 0.15) is 0 Å². The van der Waals surface area contributed by atoms with Crippen molar-refractivity contribution in [3.63, 3.8) is 0 Å². The van der Waals surface area contributed by atoms with Crippen molar-refractivity contribution in [2.24, 2.45) is 5.92 Å². The summed E-state index contributed by atoms with van der Waals surface area (Å²) in [6, 6.07) is 10.7. The van der Waals surface area contributed by atoms with Gasteiger partial charge >= 0.3 is 0 Å². The van der Waals surface area contributed by atoms with Gasteiger partial charge in [-0.05, 0) is 63.0 Å². The van der Waals surface area contributed by atoms with Crippen molar-refractivity contribution in [2.45, 2.75) is 44.9 Å². The van der Waals surface area contributed by atoms with Gasteiger partial charge in [0.15, 0.2) is 0 Å². The molecule has 1 aromatic carbocycles. The molecule has 27 heavy (non-hydrogen) atoms. The van der Waals surface area contributed by atoms with Gasteiger partial charge in [-0.3, -0.25) is 4.79 Å². The SMILES string of the molecule is O=C(NC[C@@H]1CCCN(CCc2ccccc2)C1)c1onc2c1CCCC2. The molecule has 0 spiro atoms. The number of nitrogens with one attached hydrogen (secondary N) is 1. The zero-order valence-electron chi connectivity index (χ0n) is 16.0. The summed E-state index contributed by atoms with van der Waals surface area (Å²) >= 11 is 0. The van der Waals surface area contributed by atoms with Crippen LogP contribution in [0.2, 0.25) is 0 Å². The summed E-state index contributed by atoms with van der Waals surface area (Å²) in [5, 5.41) is 7.19. The van der Waals surface area contributed by atoms with Crippen LogP contribution in [0.1, 0.15) is 53.1 Å². The van der Waals surface area contributed by atoms with Gasteiger partial charge in [-0.1, -0.05) is 35.5 Å². The standard InChI is InChI=1S/C22H29N3O2/c26-22(21-19-10-4-5-11-20(19)24-27-21)23-15-18-9-6-13-25(16-18)14-12-17-7-2-1-3-8-17/h1-3,7-8,18H,4-6,9-16H2,(H,23,26)/t18-/m0/s1. The van der Waals surface area contributed by atoms with E-state index in [1.165, 1.54) is 18.4 Å². The maximum absolute atomic E-state index is 12.6. The van der Waals surface area contributed by atoms with Crippen molar-refractivity contribution in [2.75, 3.05) is 26.2 Å². The van der Waals surface area contributed by atoms with Crippen molar-refractivity contribution in [1.29, 1.82) is 0 Å². The molecule has 144 valence electrons. The fraction of sp³-hybridized carbons (Fsp3) is 0.545. The van der Waals surface area contributed by atoms with E-state index in [2.05, 4.69) is 45.7 Å². The van der Waals surface area contributed by atoms with E-state index in [0.717, 1.165) is 69.5 Å². The number of piperidine rings is 1. The molecule has 2 aliphatic rings. The van der Waals surface area contributed by atoms with Gasteiger partial charge in [0.25, 0.3) is 5.91 Å². The fourth-order valence-corrected chi connectivity index (χ4v) is 4.34. The number of amides is 1. The molecule has 2 heterocycles. The van der Waals surface area contributed by atoms with Crippen LogP contribution in [0.4, 0.5) is 0 Å². The lowest BCUT2D eigenvalue weighted by Crippen LogP contribution is -2.41. The largest absolute Gasteiger partial charge is 0.350 e. The van der Waals surface area contributed by atoms with Gasteiger partial charge in [0, 0.05) is 25.2 Å². The molecule has 2 aromatic rings. The van der Waals surface area contributed by atoms with Crippen LogP contribution >= 0.6 is 0 Å². The quantitative estimate of drug-likeness (QED) is 0.852. The van der Waals surface area contributed by atoms with Crippen molar-refractivity contribution >= 4 is 5.91 Å². The van der Waals surface area contributed by atoms with Gasteiger partial charge < -0.3 is 14.7 Å². The molecule has 1 N–H and O–H groups in total. The van der Waals surface area contributed by atoms with E-state index in [9.17, 15) is 4.79 Å². The number of rotatable bonds is 6. The van der Waals surface area contributed by atoms with Crippen LogP contribution in [0.15, 0.2) is 34.9 Å². The monoisotopic (exact) mass is 367 g/mol. The minimum atomic E-state index is -0.0907. The summed E-state index contributed by atoms with van der Waals surface area (Å²) in [5.41, 5.74) is 3.41. The highest BCUT2D eigenvalue weighted by molar-refractivity contribution is 5.93. The lowest BCUT2D eigenvalue weighted by molar-refractivity contribution is 0.0895. The molecule has 1 aromatic heterocycles. The zero-order valence-corrected chi connectivity index (χ0v) is 16.0. The Hall–Kier alpha value is -2.14. The Morgan fingerprint density at radius 2 is 2.04 bits per heavy atom. The molecule has 0 saturated carbocycles. The number of benzene rings is 1. The molecule has 1 saturated heterocycles. The van der Waals surface area contributed by atoms with Crippen LogP contribution in [0.5, 0.6) is 0 Å². The molecule has 0 bridgehead atoms. The average molecular weight is 367 g/mol. The molecule has 5 heteroatoms. The minimum Gasteiger partial charge on any atom is -0.350 e. The zero-order chi connectivity index (χ0) is 18.5. The molecule has 1 aliphatic heterocycles. The van der Waals surface area contributed by atoms with E-state index in [1.54, 1.807) is 0 Å². The summed E-state index contributed by atoms with van der Waals surface area (Å²) in [6.45, 7) is 4.02. The van der Waals surface area contributed by atoms with Gasteiger partial charge in [-0.25, -0.2) is 0 Å². The third-order valence-electron chi connectivity index (χ3n) is 5.88. The summed E-state index contributed by atoms with van der Waals surface area (Å²) in [4.78, 5) is 15.1. The number of fused-ring (bicyclic) bond motifs is 1. The first-order valence-electron chi connectivity index (χ1n) is 10.3. The van der Waals surface area contributed by atoms with Gasteiger partial charge in [0.2, 0.25) is 5.76 Å². The Labute approximate surface area is 161 Å². The normalized spacial score (nSPS) is 20.2. The Bertz CT molecular complexity index is 756. The molecule has 0 unspecified atom stereocenters. The minimum absolute atomic E-state index is 0.0907. The van der Waals surface area contributed by atoms with E-state index >= 15 is 0 Å². The highest BCUT2D eigenvalue weighted by Crippen LogP contribution is 2.24. The molecular formula is C22H29N3O2. The third-order valence-corrected chi connectivity index (χ3v) is 5.88. The first-order valence-corrected chi connectivity index (χ1v) is 10.3. The number of hydrogen-bond donors (Lipinski definition) is 1. The van der Waals surface area contributed by atoms with E-state index in [0.29, 0.717) is 11.7 Å². The topological polar surface area (TPSA) is 58.4 Å². The maximum atomic E-state index is 12.6. The molecule has 5 nitrogen and oxygen atoms in total. The van der Waals surface area contributed by atoms with Crippen LogP contribution in [0.3, 0.4) is 0 Å². The van der Waals surface area contributed by atoms with E-state index in [4.69, 9.17) is 4.52 Å². The number of carbonyl (C=O) groups is 1. The second-order valence-electron chi connectivity index (χ2n) is 7.90. The predicted octanol–water partition coefficient (Wildman–Crippen LogP) is 3.24. The second-order valence-corrected chi connectivity index (χ2v) is 7.90. The van der Waals surface area contributed by atoms with Gasteiger partial charge in [-0.2, -0.15) is 0 Å². The first kappa shape index (κ1) is 18.2. The van der Waals surface area contributed by atoms with Crippen LogP contribution < -0.4 is 5.32 Å². The number of hydrogen-bond acceptors (Lipinski definition) is 4. The number of carbonyl (C=O) groups excluding carboxylic acids is 1. The van der Waals surface area contributed by atoms with Crippen molar-refractivity contribution in [1.82, 2.24) is 15.4 Å². The van der Waals surface area contributed by atoms with Gasteiger partial charge in [-0.15, -0.1) is 0 Å². The number of aryl methyl sites for hydroxylation is 1. The fourth-order valence-electron chi connectivity index (χ4n) is 4.34. The number of aromatic nitrogens is 1. The smallest absolute Gasteiger partial charge is 0.290 e. The number of nitrogens with zero attached hydrogens (tertiary/aromatic N) is 2. The highest BCUT2D eigenvalue weighted by atomic mass is 16.5.